The lowest BCUT2D eigenvalue weighted by molar-refractivity contribution is 0.0693. The third-order valence-electron chi connectivity index (χ3n) is 4.15. The number of aromatic carboxylic acids is 1. The zero-order valence-corrected chi connectivity index (χ0v) is 14.1. The van der Waals surface area contributed by atoms with Crippen molar-refractivity contribution < 1.29 is 14.6 Å². The highest BCUT2D eigenvalue weighted by atomic mass is 16.5. The topological polar surface area (TPSA) is 46.5 Å². The van der Waals surface area contributed by atoms with Crippen LogP contribution in [0.3, 0.4) is 0 Å². The van der Waals surface area contributed by atoms with Crippen LogP contribution in [0.5, 0.6) is 5.75 Å². The number of ether oxygens (including phenoxy) is 1. The fourth-order valence-electron chi connectivity index (χ4n) is 3.04. The minimum Gasteiger partial charge on any atom is -0.496 e. The van der Waals surface area contributed by atoms with Gasteiger partial charge in [0.05, 0.1) is 7.11 Å². The molecule has 0 atom stereocenters. The van der Waals surface area contributed by atoms with Crippen molar-refractivity contribution in [2.24, 2.45) is 0 Å². The maximum Gasteiger partial charge on any atom is 0.339 e. The summed E-state index contributed by atoms with van der Waals surface area (Å²) in [7, 11) is 1.52. The van der Waals surface area contributed by atoms with E-state index in [1.54, 1.807) is 6.07 Å². The van der Waals surface area contributed by atoms with Crippen LogP contribution in [0.2, 0.25) is 0 Å². The van der Waals surface area contributed by atoms with Crippen LogP contribution in [-0.2, 0) is 12.8 Å². The molecule has 0 aromatic heterocycles. The molecule has 1 N–H and O–H groups in total. The number of benzene rings is 3. The van der Waals surface area contributed by atoms with Crippen molar-refractivity contribution in [2.75, 3.05) is 7.11 Å². The van der Waals surface area contributed by atoms with Crippen molar-refractivity contribution in [3.63, 3.8) is 0 Å². The summed E-state index contributed by atoms with van der Waals surface area (Å²) < 4.78 is 5.43. The van der Waals surface area contributed by atoms with Crippen molar-refractivity contribution >= 4 is 5.97 Å². The Morgan fingerprint density at radius 1 is 0.840 bits per heavy atom. The van der Waals surface area contributed by atoms with Crippen molar-refractivity contribution in [3.8, 4) is 5.75 Å². The first-order chi connectivity index (χ1) is 12.2. The van der Waals surface area contributed by atoms with Gasteiger partial charge in [0, 0.05) is 6.42 Å². The molecule has 3 nitrogen and oxygen atoms in total. The van der Waals surface area contributed by atoms with E-state index in [0.717, 1.165) is 22.3 Å². The Kier molecular flexibility index (Phi) is 5.14. The first-order valence-corrected chi connectivity index (χ1v) is 8.18. The van der Waals surface area contributed by atoms with Gasteiger partial charge in [-0.15, -0.1) is 0 Å². The molecule has 3 heteroatoms. The average molecular weight is 332 g/mol. The summed E-state index contributed by atoms with van der Waals surface area (Å²) in [4.78, 5) is 11.7. The second-order valence-electron chi connectivity index (χ2n) is 5.97. The standard InChI is InChI=1S/C22H20O3/c1-25-21-19(13-17-10-6-3-7-11-17)14-18(15-20(21)22(23)24)12-16-8-4-2-5-9-16/h2-11,14-15H,12-13H2,1H3,(H,23,24). The molecule has 0 radical (unpaired) electrons. The van der Waals surface area contributed by atoms with E-state index in [4.69, 9.17) is 4.74 Å². The van der Waals surface area contributed by atoms with Gasteiger partial charge >= 0.3 is 5.97 Å². The molecule has 0 aliphatic rings. The third-order valence-corrected chi connectivity index (χ3v) is 4.15. The van der Waals surface area contributed by atoms with Crippen molar-refractivity contribution in [1.29, 1.82) is 0 Å². The van der Waals surface area contributed by atoms with E-state index >= 15 is 0 Å². The smallest absolute Gasteiger partial charge is 0.339 e. The lowest BCUT2D eigenvalue weighted by Crippen LogP contribution is -2.06. The highest BCUT2D eigenvalue weighted by Crippen LogP contribution is 2.29. The quantitative estimate of drug-likeness (QED) is 0.719. The number of carboxylic acid groups (broad SMARTS) is 1. The van der Waals surface area contributed by atoms with Gasteiger partial charge in [-0.25, -0.2) is 4.79 Å². The number of methoxy groups -OCH3 is 1. The predicted octanol–water partition coefficient (Wildman–Crippen LogP) is 4.58. The van der Waals surface area contributed by atoms with Crippen LogP contribution in [0, 0.1) is 0 Å². The Balaban J connectivity index is 2.03. The van der Waals surface area contributed by atoms with E-state index < -0.39 is 5.97 Å². The molecule has 0 heterocycles. The summed E-state index contributed by atoms with van der Waals surface area (Å²) in [6, 6.07) is 23.8. The molecule has 0 aliphatic carbocycles. The minimum absolute atomic E-state index is 0.210. The normalized spacial score (nSPS) is 10.4. The Morgan fingerprint density at radius 2 is 1.40 bits per heavy atom. The second kappa shape index (κ2) is 7.67. The minimum atomic E-state index is -0.971. The van der Waals surface area contributed by atoms with Crippen molar-refractivity contribution in [3.05, 3.63) is 101 Å². The molecule has 0 spiro atoms. The Hall–Kier alpha value is -3.07. The summed E-state index contributed by atoms with van der Waals surface area (Å²) in [5.74, 6) is -0.533. The maximum absolute atomic E-state index is 11.7. The van der Waals surface area contributed by atoms with Crippen LogP contribution in [-0.4, -0.2) is 18.2 Å². The molecule has 126 valence electrons. The molecule has 3 rings (SSSR count). The fraction of sp³-hybridized carbons (Fsp3) is 0.136. The monoisotopic (exact) mass is 332 g/mol. The molecule has 0 saturated heterocycles. The Bertz CT molecular complexity index is 855. The van der Waals surface area contributed by atoms with Crippen LogP contribution >= 0.6 is 0 Å². The predicted molar refractivity (Wildman–Crippen MR) is 98.4 cm³/mol. The van der Waals surface area contributed by atoms with Crippen LogP contribution in [0.15, 0.2) is 72.8 Å². The molecule has 0 bridgehead atoms. The summed E-state index contributed by atoms with van der Waals surface area (Å²) >= 11 is 0. The summed E-state index contributed by atoms with van der Waals surface area (Å²) in [6.45, 7) is 0. The first-order valence-electron chi connectivity index (χ1n) is 8.18. The van der Waals surface area contributed by atoms with Gasteiger partial charge < -0.3 is 9.84 Å². The molecule has 25 heavy (non-hydrogen) atoms. The first kappa shape index (κ1) is 16.8. The highest BCUT2D eigenvalue weighted by Gasteiger charge is 2.17. The number of carbonyl (C=O) groups is 1. The van der Waals surface area contributed by atoms with Crippen LogP contribution in [0.4, 0.5) is 0 Å². The molecule has 0 unspecified atom stereocenters. The van der Waals surface area contributed by atoms with E-state index in [2.05, 4.69) is 0 Å². The molecule has 0 aliphatic heterocycles. The lowest BCUT2D eigenvalue weighted by Gasteiger charge is -2.14. The molecule has 0 fully saturated rings. The summed E-state index contributed by atoms with van der Waals surface area (Å²) in [5.41, 5.74) is 4.33. The molecule has 0 saturated carbocycles. The van der Waals surface area contributed by atoms with E-state index in [0.29, 0.717) is 18.6 Å². The molecular weight excluding hydrogens is 312 g/mol. The van der Waals surface area contributed by atoms with E-state index in [-0.39, 0.29) is 5.56 Å². The third kappa shape index (κ3) is 4.07. The largest absolute Gasteiger partial charge is 0.496 e. The van der Waals surface area contributed by atoms with Gasteiger partial charge in [0.15, 0.2) is 0 Å². The number of carboxylic acids is 1. The summed E-state index contributed by atoms with van der Waals surface area (Å²) in [5, 5.41) is 9.60. The second-order valence-corrected chi connectivity index (χ2v) is 5.97. The van der Waals surface area contributed by atoms with Gasteiger partial charge in [-0.3, -0.25) is 0 Å². The van der Waals surface area contributed by atoms with Gasteiger partial charge in [-0.2, -0.15) is 0 Å². The zero-order valence-electron chi connectivity index (χ0n) is 14.1. The van der Waals surface area contributed by atoms with Crippen molar-refractivity contribution in [2.45, 2.75) is 12.8 Å². The van der Waals surface area contributed by atoms with E-state index in [9.17, 15) is 9.90 Å². The average Bonchev–Trinajstić information content (AvgIpc) is 2.63. The number of rotatable bonds is 6. The number of hydrogen-bond acceptors (Lipinski definition) is 2. The molecule has 3 aromatic rings. The van der Waals surface area contributed by atoms with Gasteiger partial charge in [-0.1, -0.05) is 66.7 Å². The van der Waals surface area contributed by atoms with E-state index in [1.807, 2.05) is 66.7 Å². The number of hydrogen-bond donors (Lipinski definition) is 1. The van der Waals surface area contributed by atoms with Gasteiger partial charge in [0.2, 0.25) is 0 Å². The van der Waals surface area contributed by atoms with Gasteiger partial charge in [0.25, 0.3) is 0 Å². The van der Waals surface area contributed by atoms with Crippen LogP contribution in [0.1, 0.15) is 32.6 Å². The Labute approximate surface area is 147 Å². The van der Waals surface area contributed by atoms with Gasteiger partial charge in [0.1, 0.15) is 11.3 Å². The zero-order chi connectivity index (χ0) is 17.6. The lowest BCUT2D eigenvalue weighted by atomic mass is 9.95. The van der Waals surface area contributed by atoms with Crippen LogP contribution in [0.25, 0.3) is 0 Å². The van der Waals surface area contributed by atoms with Crippen molar-refractivity contribution in [1.82, 2.24) is 0 Å². The Morgan fingerprint density at radius 3 is 1.92 bits per heavy atom. The summed E-state index contributed by atoms with van der Waals surface area (Å²) in [6.07, 6.45) is 1.32. The van der Waals surface area contributed by atoms with Crippen LogP contribution < -0.4 is 4.74 Å². The highest BCUT2D eigenvalue weighted by molar-refractivity contribution is 5.92. The SMILES string of the molecule is COc1c(Cc2ccccc2)cc(Cc2ccccc2)cc1C(=O)O. The molecule has 3 aromatic carbocycles. The van der Waals surface area contributed by atoms with E-state index in [1.165, 1.54) is 7.11 Å². The maximum atomic E-state index is 11.7. The molecule has 0 amide bonds. The van der Waals surface area contributed by atoms with Gasteiger partial charge in [-0.05, 0) is 34.7 Å². The fourth-order valence-corrected chi connectivity index (χ4v) is 3.04. The molecular formula is C22H20O3.